The van der Waals surface area contributed by atoms with Crippen molar-refractivity contribution >= 4 is 0 Å². The van der Waals surface area contributed by atoms with E-state index in [0.717, 1.165) is 18.1 Å². The molecule has 0 aromatic heterocycles. The zero-order valence-corrected chi connectivity index (χ0v) is 12.5. The molecular formula is C15H29N3. The van der Waals surface area contributed by atoms with E-state index in [1.54, 1.807) is 0 Å². The fourth-order valence-corrected chi connectivity index (χ4v) is 4.21. The van der Waals surface area contributed by atoms with Gasteiger partial charge in [-0.3, -0.25) is 9.80 Å². The van der Waals surface area contributed by atoms with Crippen LogP contribution in [-0.4, -0.2) is 71.6 Å². The molecule has 0 spiro atoms. The van der Waals surface area contributed by atoms with Crippen molar-refractivity contribution in [3.05, 3.63) is 0 Å². The number of nitrogens with zero attached hydrogens (tertiary/aromatic N) is 3. The minimum atomic E-state index is 0.356. The van der Waals surface area contributed by atoms with E-state index < -0.39 is 0 Å². The number of piperazine rings is 1. The highest BCUT2D eigenvalue weighted by Crippen LogP contribution is 2.34. The Kier molecular flexibility index (Phi) is 3.20. The molecule has 0 saturated carbocycles. The number of likely N-dealkylation sites (tertiary alicyclic amines) is 3. The molecule has 0 aromatic rings. The van der Waals surface area contributed by atoms with Crippen LogP contribution in [-0.2, 0) is 0 Å². The van der Waals surface area contributed by atoms with E-state index >= 15 is 0 Å². The molecule has 3 aliphatic rings. The normalized spacial score (nSPS) is 36.7. The molecule has 3 saturated heterocycles. The van der Waals surface area contributed by atoms with E-state index in [-0.39, 0.29) is 0 Å². The Bertz CT molecular complexity index is 299. The molecule has 0 aliphatic carbocycles. The molecule has 18 heavy (non-hydrogen) atoms. The maximum absolute atomic E-state index is 2.84. The van der Waals surface area contributed by atoms with E-state index in [2.05, 4.69) is 42.5 Å². The minimum Gasteiger partial charge on any atom is -0.301 e. The van der Waals surface area contributed by atoms with Crippen LogP contribution in [0.1, 0.15) is 40.0 Å². The summed E-state index contributed by atoms with van der Waals surface area (Å²) in [5, 5.41) is 0. The zero-order valence-electron chi connectivity index (χ0n) is 12.5. The number of fused-ring (bicyclic) bond motifs is 2. The van der Waals surface area contributed by atoms with Gasteiger partial charge in [0.15, 0.2) is 0 Å². The van der Waals surface area contributed by atoms with Gasteiger partial charge in [0, 0.05) is 49.8 Å². The molecule has 3 heteroatoms. The molecule has 3 aliphatic heterocycles. The molecule has 0 radical (unpaired) electrons. The average Bonchev–Trinajstić information content (AvgIpc) is 2.86. The second kappa shape index (κ2) is 4.46. The molecule has 0 aromatic carbocycles. The lowest BCUT2D eigenvalue weighted by molar-refractivity contribution is 0.0336. The Balaban J connectivity index is 1.55. The van der Waals surface area contributed by atoms with E-state index in [9.17, 15) is 0 Å². The average molecular weight is 251 g/mol. The van der Waals surface area contributed by atoms with Crippen molar-refractivity contribution in [2.45, 2.75) is 63.7 Å². The van der Waals surface area contributed by atoms with Crippen LogP contribution in [0.25, 0.3) is 0 Å². The third-order valence-corrected chi connectivity index (χ3v) is 5.44. The van der Waals surface area contributed by atoms with Crippen LogP contribution >= 0.6 is 0 Å². The predicted octanol–water partition coefficient (Wildman–Crippen LogP) is 1.64. The summed E-state index contributed by atoms with van der Waals surface area (Å²) in [6.45, 7) is 12.3. The van der Waals surface area contributed by atoms with Gasteiger partial charge in [-0.25, -0.2) is 0 Å². The standard InChI is InChI=1S/C15H29N3/c1-15(2,3)17-7-5-12(6-8-17)18-11-13-9-14(18)10-16(13)4/h12-14H,5-11H2,1-4H3. The fourth-order valence-electron chi connectivity index (χ4n) is 4.21. The summed E-state index contributed by atoms with van der Waals surface area (Å²) in [7, 11) is 2.30. The van der Waals surface area contributed by atoms with Crippen LogP contribution in [0.2, 0.25) is 0 Å². The van der Waals surface area contributed by atoms with Crippen LogP contribution in [0.15, 0.2) is 0 Å². The third-order valence-electron chi connectivity index (χ3n) is 5.44. The fraction of sp³-hybridized carbons (Fsp3) is 1.00. The van der Waals surface area contributed by atoms with Crippen molar-refractivity contribution in [1.82, 2.24) is 14.7 Å². The number of hydrogen-bond acceptors (Lipinski definition) is 3. The summed E-state index contributed by atoms with van der Waals surface area (Å²) < 4.78 is 0. The van der Waals surface area contributed by atoms with Gasteiger partial charge < -0.3 is 4.90 Å². The Morgan fingerprint density at radius 1 is 0.889 bits per heavy atom. The van der Waals surface area contributed by atoms with Crippen molar-refractivity contribution in [3.63, 3.8) is 0 Å². The van der Waals surface area contributed by atoms with Crippen molar-refractivity contribution in [1.29, 1.82) is 0 Å². The molecule has 104 valence electrons. The lowest BCUT2D eigenvalue weighted by Crippen LogP contribution is -2.54. The summed E-state index contributed by atoms with van der Waals surface area (Å²) in [5.74, 6) is 0. The number of rotatable bonds is 1. The highest BCUT2D eigenvalue weighted by Gasteiger charge is 2.44. The van der Waals surface area contributed by atoms with Gasteiger partial charge in [-0.1, -0.05) is 0 Å². The van der Waals surface area contributed by atoms with Gasteiger partial charge in [0.05, 0.1) is 0 Å². The first-order chi connectivity index (χ1) is 8.45. The van der Waals surface area contributed by atoms with Gasteiger partial charge in [0.2, 0.25) is 0 Å². The van der Waals surface area contributed by atoms with Gasteiger partial charge in [-0.15, -0.1) is 0 Å². The largest absolute Gasteiger partial charge is 0.301 e. The monoisotopic (exact) mass is 251 g/mol. The quantitative estimate of drug-likeness (QED) is 0.701. The van der Waals surface area contributed by atoms with Crippen molar-refractivity contribution in [2.75, 3.05) is 33.2 Å². The molecule has 2 unspecified atom stereocenters. The second-order valence-corrected chi connectivity index (χ2v) is 7.57. The first kappa shape index (κ1) is 12.9. The minimum absolute atomic E-state index is 0.356. The molecule has 2 atom stereocenters. The molecule has 3 rings (SSSR count). The molecule has 3 fully saturated rings. The van der Waals surface area contributed by atoms with Crippen LogP contribution in [0.3, 0.4) is 0 Å². The summed E-state index contributed by atoms with van der Waals surface area (Å²) in [6, 6.07) is 2.59. The molecule has 3 nitrogen and oxygen atoms in total. The SMILES string of the molecule is CN1CC2CC1CN2C1CCN(C(C)(C)C)CC1. The van der Waals surface area contributed by atoms with Crippen molar-refractivity contribution < 1.29 is 0 Å². The van der Waals surface area contributed by atoms with Gasteiger partial charge in [-0.2, -0.15) is 0 Å². The Morgan fingerprint density at radius 3 is 2.00 bits per heavy atom. The summed E-state index contributed by atoms with van der Waals surface area (Å²) in [6.07, 6.45) is 4.18. The maximum Gasteiger partial charge on any atom is 0.0242 e. The Hall–Kier alpha value is -0.120. The lowest BCUT2D eigenvalue weighted by Gasteiger charge is -2.45. The molecule has 3 heterocycles. The van der Waals surface area contributed by atoms with Crippen LogP contribution in [0.4, 0.5) is 0 Å². The summed E-state index contributed by atoms with van der Waals surface area (Å²) in [4.78, 5) is 8.06. The number of likely N-dealkylation sites (N-methyl/N-ethyl adjacent to an activating group) is 1. The highest BCUT2D eigenvalue weighted by molar-refractivity contribution is 5.01. The number of piperidine rings is 1. The highest BCUT2D eigenvalue weighted by atomic mass is 15.4. The Morgan fingerprint density at radius 2 is 1.56 bits per heavy atom. The maximum atomic E-state index is 2.84. The van der Waals surface area contributed by atoms with E-state index in [0.29, 0.717) is 5.54 Å². The van der Waals surface area contributed by atoms with Gasteiger partial charge in [0.1, 0.15) is 0 Å². The first-order valence-electron chi connectivity index (χ1n) is 7.66. The molecule has 0 N–H and O–H groups in total. The summed E-state index contributed by atoms with van der Waals surface area (Å²) >= 11 is 0. The van der Waals surface area contributed by atoms with E-state index in [1.807, 2.05) is 0 Å². The lowest BCUT2D eigenvalue weighted by atomic mass is 9.96. The number of hydrogen-bond donors (Lipinski definition) is 0. The predicted molar refractivity (Wildman–Crippen MR) is 75.9 cm³/mol. The van der Waals surface area contributed by atoms with Gasteiger partial charge in [-0.05, 0) is 47.1 Å². The molecular weight excluding hydrogens is 222 g/mol. The van der Waals surface area contributed by atoms with Gasteiger partial charge >= 0.3 is 0 Å². The third kappa shape index (κ3) is 2.21. The molecule has 2 bridgehead atoms. The Labute approximate surface area is 112 Å². The van der Waals surface area contributed by atoms with E-state index in [4.69, 9.17) is 0 Å². The van der Waals surface area contributed by atoms with Gasteiger partial charge in [0.25, 0.3) is 0 Å². The first-order valence-corrected chi connectivity index (χ1v) is 7.66. The van der Waals surface area contributed by atoms with Crippen LogP contribution < -0.4 is 0 Å². The second-order valence-electron chi connectivity index (χ2n) is 7.57. The summed E-state index contributed by atoms with van der Waals surface area (Å²) in [5.41, 5.74) is 0.356. The van der Waals surface area contributed by atoms with Crippen LogP contribution in [0.5, 0.6) is 0 Å². The van der Waals surface area contributed by atoms with Crippen LogP contribution in [0, 0.1) is 0 Å². The van der Waals surface area contributed by atoms with Crippen molar-refractivity contribution in [2.24, 2.45) is 0 Å². The zero-order chi connectivity index (χ0) is 12.9. The topological polar surface area (TPSA) is 9.72 Å². The van der Waals surface area contributed by atoms with Crippen molar-refractivity contribution in [3.8, 4) is 0 Å². The van der Waals surface area contributed by atoms with E-state index in [1.165, 1.54) is 45.4 Å². The smallest absolute Gasteiger partial charge is 0.0242 e. The molecule has 0 amide bonds.